The van der Waals surface area contributed by atoms with E-state index in [1.165, 1.54) is 51.4 Å². The van der Waals surface area contributed by atoms with Crippen molar-refractivity contribution in [3.63, 3.8) is 0 Å². The van der Waals surface area contributed by atoms with Gasteiger partial charge in [0.05, 0.1) is 0 Å². The molecule has 0 saturated heterocycles. The zero-order chi connectivity index (χ0) is 11.3. The fourth-order valence-electron chi connectivity index (χ4n) is 3.33. The highest BCUT2D eigenvalue weighted by Gasteiger charge is 2.36. The molecule has 0 aromatic heterocycles. The Labute approximate surface area is 95.8 Å². The van der Waals surface area contributed by atoms with Gasteiger partial charge in [0.25, 0.3) is 0 Å². The smallest absolute Gasteiger partial charge is 0.0185 e. The van der Waals surface area contributed by atoms with Crippen LogP contribution in [-0.4, -0.2) is 5.54 Å². The van der Waals surface area contributed by atoms with Gasteiger partial charge >= 0.3 is 0 Å². The van der Waals surface area contributed by atoms with E-state index < -0.39 is 0 Å². The Balaban J connectivity index is 2.60. The zero-order valence-electron chi connectivity index (χ0n) is 10.9. The number of hydrogen-bond acceptors (Lipinski definition) is 1. The van der Waals surface area contributed by atoms with E-state index >= 15 is 0 Å². The lowest BCUT2D eigenvalue weighted by molar-refractivity contribution is 0.144. The molecule has 15 heavy (non-hydrogen) atoms. The van der Waals surface area contributed by atoms with E-state index in [1.807, 2.05) is 0 Å². The molecule has 2 atom stereocenters. The summed E-state index contributed by atoms with van der Waals surface area (Å²) in [6.45, 7) is 6.92. The molecule has 0 heterocycles. The standard InChI is InChI=1S/C14H29N/c1-4-12(5-2)11-14(15)10-8-7-9-13(14)6-3/h12-13H,4-11,15H2,1-3H3. The fraction of sp³-hybridized carbons (Fsp3) is 1.00. The van der Waals surface area contributed by atoms with Crippen LogP contribution in [0.15, 0.2) is 0 Å². The highest BCUT2D eigenvalue weighted by atomic mass is 14.8. The molecule has 0 aromatic rings. The van der Waals surface area contributed by atoms with Crippen molar-refractivity contribution in [2.75, 3.05) is 0 Å². The quantitative estimate of drug-likeness (QED) is 0.727. The second-order valence-corrected chi connectivity index (χ2v) is 5.47. The molecule has 1 aliphatic carbocycles. The summed E-state index contributed by atoms with van der Waals surface area (Å²) >= 11 is 0. The summed E-state index contributed by atoms with van der Waals surface area (Å²) in [6.07, 6.45) is 10.5. The molecule has 0 bridgehead atoms. The average molecular weight is 211 g/mol. The summed E-state index contributed by atoms with van der Waals surface area (Å²) in [5.74, 6) is 1.63. The third-order valence-corrected chi connectivity index (χ3v) is 4.57. The van der Waals surface area contributed by atoms with Crippen molar-refractivity contribution < 1.29 is 0 Å². The topological polar surface area (TPSA) is 26.0 Å². The second kappa shape index (κ2) is 5.89. The lowest BCUT2D eigenvalue weighted by atomic mass is 9.67. The van der Waals surface area contributed by atoms with Crippen molar-refractivity contribution in [3.8, 4) is 0 Å². The number of rotatable bonds is 5. The van der Waals surface area contributed by atoms with E-state index in [0.717, 1.165) is 11.8 Å². The molecule has 1 heteroatoms. The van der Waals surface area contributed by atoms with E-state index in [1.54, 1.807) is 0 Å². The highest BCUT2D eigenvalue weighted by Crippen LogP contribution is 2.39. The molecular formula is C14H29N. The van der Waals surface area contributed by atoms with Gasteiger partial charge in [0.1, 0.15) is 0 Å². The zero-order valence-corrected chi connectivity index (χ0v) is 10.9. The van der Waals surface area contributed by atoms with Crippen LogP contribution in [0.25, 0.3) is 0 Å². The monoisotopic (exact) mass is 211 g/mol. The van der Waals surface area contributed by atoms with Crippen LogP contribution in [0, 0.1) is 11.8 Å². The van der Waals surface area contributed by atoms with E-state index in [2.05, 4.69) is 20.8 Å². The minimum Gasteiger partial charge on any atom is -0.325 e. The predicted octanol–water partition coefficient (Wildman–Crippen LogP) is 4.11. The molecule has 2 N–H and O–H groups in total. The largest absolute Gasteiger partial charge is 0.325 e. The van der Waals surface area contributed by atoms with E-state index in [0.29, 0.717) is 0 Å². The van der Waals surface area contributed by atoms with Gasteiger partial charge in [-0.3, -0.25) is 0 Å². The molecule has 90 valence electrons. The van der Waals surface area contributed by atoms with Gasteiger partial charge in [-0.05, 0) is 31.1 Å². The van der Waals surface area contributed by atoms with Crippen molar-refractivity contribution in [1.82, 2.24) is 0 Å². The van der Waals surface area contributed by atoms with E-state index in [4.69, 9.17) is 5.73 Å². The van der Waals surface area contributed by atoms with Gasteiger partial charge in [-0.2, -0.15) is 0 Å². The van der Waals surface area contributed by atoms with Crippen molar-refractivity contribution in [3.05, 3.63) is 0 Å². The molecule has 0 amide bonds. The van der Waals surface area contributed by atoms with Crippen LogP contribution < -0.4 is 5.73 Å². The van der Waals surface area contributed by atoms with Crippen LogP contribution in [0.1, 0.15) is 72.1 Å². The molecule has 1 nitrogen and oxygen atoms in total. The van der Waals surface area contributed by atoms with Crippen LogP contribution >= 0.6 is 0 Å². The van der Waals surface area contributed by atoms with Crippen LogP contribution in [-0.2, 0) is 0 Å². The number of nitrogens with two attached hydrogens (primary N) is 1. The predicted molar refractivity (Wildman–Crippen MR) is 67.9 cm³/mol. The number of hydrogen-bond donors (Lipinski definition) is 1. The molecule has 2 unspecified atom stereocenters. The lowest BCUT2D eigenvalue weighted by Crippen LogP contribution is -2.50. The molecule has 0 spiro atoms. The van der Waals surface area contributed by atoms with Crippen LogP contribution in [0.3, 0.4) is 0 Å². The Kier molecular flexibility index (Phi) is 5.11. The van der Waals surface area contributed by atoms with Gasteiger partial charge in [0, 0.05) is 5.54 Å². The molecular weight excluding hydrogens is 182 g/mol. The Morgan fingerprint density at radius 2 is 1.87 bits per heavy atom. The third kappa shape index (κ3) is 3.21. The van der Waals surface area contributed by atoms with Crippen LogP contribution in [0.5, 0.6) is 0 Å². The first-order chi connectivity index (χ1) is 7.16. The Hall–Kier alpha value is -0.0400. The second-order valence-electron chi connectivity index (χ2n) is 5.47. The van der Waals surface area contributed by atoms with Crippen LogP contribution in [0.2, 0.25) is 0 Å². The molecule has 1 fully saturated rings. The Morgan fingerprint density at radius 3 is 2.40 bits per heavy atom. The maximum atomic E-state index is 6.67. The molecule has 1 saturated carbocycles. The first kappa shape index (κ1) is 13.0. The van der Waals surface area contributed by atoms with Gasteiger partial charge in [0.2, 0.25) is 0 Å². The summed E-state index contributed by atoms with van der Waals surface area (Å²) in [5, 5.41) is 0. The van der Waals surface area contributed by atoms with Gasteiger partial charge in [-0.25, -0.2) is 0 Å². The van der Waals surface area contributed by atoms with E-state index in [-0.39, 0.29) is 5.54 Å². The van der Waals surface area contributed by atoms with Crippen molar-refractivity contribution in [1.29, 1.82) is 0 Å². The van der Waals surface area contributed by atoms with Gasteiger partial charge in [-0.1, -0.05) is 52.9 Å². The Morgan fingerprint density at radius 1 is 1.20 bits per heavy atom. The summed E-state index contributed by atoms with van der Waals surface area (Å²) in [6, 6.07) is 0. The minimum atomic E-state index is 0.170. The van der Waals surface area contributed by atoms with Crippen molar-refractivity contribution >= 4 is 0 Å². The SMILES string of the molecule is CCC(CC)CC1(N)CCCCC1CC. The van der Waals surface area contributed by atoms with Gasteiger partial charge in [-0.15, -0.1) is 0 Å². The van der Waals surface area contributed by atoms with Crippen LogP contribution in [0.4, 0.5) is 0 Å². The molecule has 1 aliphatic rings. The van der Waals surface area contributed by atoms with Gasteiger partial charge < -0.3 is 5.73 Å². The average Bonchev–Trinajstić information content (AvgIpc) is 2.26. The van der Waals surface area contributed by atoms with Crippen molar-refractivity contribution in [2.45, 2.75) is 77.7 Å². The Bertz CT molecular complexity index is 174. The lowest BCUT2D eigenvalue weighted by Gasteiger charge is -2.43. The summed E-state index contributed by atoms with van der Waals surface area (Å²) in [7, 11) is 0. The molecule has 0 aromatic carbocycles. The summed E-state index contributed by atoms with van der Waals surface area (Å²) < 4.78 is 0. The van der Waals surface area contributed by atoms with E-state index in [9.17, 15) is 0 Å². The molecule has 1 rings (SSSR count). The minimum absolute atomic E-state index is 0.170. The normalized spacial score (nSPS) is 32.2. The fourth-order valence-corrected chi connectivity index (χ4v) is 3.33. The molecule has 0 radical (unpaired) electrons. The van der Waals surface area contributed by atoms with Gasteiger partial charge in [0.15, 0.2) is 0 Å². The van der Waals surface area contributed by atoms with Crippen molar-refractivity contribution in [2.24, 2.45) is 17.6 Å². The first-order valence-electron chi connectivity index (χ1n) is 6.95. The maximum absolute atomic E-state index is 6.67. The highest BCUT2D eigenvalue weighted by molar-refractivity contribution is 4.94. The maximum Gasteiger partial charge on any atom is 0.0185 e. The molecule has 0 aliphatic heterocycles. The first-order valence-corrected chi connectivity index (χ1v) is 6.95. The summed E-state index contributed by atoms with van der Waals surface area (Å²) in [4.78, 5) is 0. The summed E-state index contributed by atoms with van der Waals surface area (Å²) in [5.41, 5.74) is 6.84. The third-order valence-electron chi connectivity index (χ3n) is 4.57.